The van der Waals surface area contributed by atoms with Gasteiger partial charge in [0.1, 0.15) is 0 Å². The van der Waals surface area contributed by atoms with Crippen LogP contribution in [0.4, 0.5) is 4.79 Å². The highest BCUT2D eigenvalue weighted by Gasteiger charge is 2.26. The van der Waals surface area contributed by atoms with E-state index in [0.29, 0.717) is 37.6 Å². The van der Waals surface area contributed by atoms with Crippen molar-refractivity contribution in [1.29, 1.82) is 0 Å². The molecule has 2 rings (SSSR count). The van der Waals surface area contributed by atoms with Crippen molar-refractivity contribution < 1.29 is 19.5 Å². The van der Waals surface area contributed by atoms with Gasteiger partial charge in [0.25, 0.3) is 0 Å². The molecule has 0 atom stereocenters. The number of hydrogen-bond donors (Lipinski definition) is 3. The number of aliphatic carboxylic acids is 1. The molecule has 0 aromatic carbocycles. The maximum absolute atomic E-state index is 11.8. The minimum absolute atomic E-state index is 0.201. The lowest BCUT2D eigenvalue weighted by Crippen LogP contribution is -2.42. The third-order valence-electron chi connectivity index (χ3n) is 5.50. The summed E-state index contributed by atoms with van der Waals surface area (Å²) in [5.74, 6) is -0.215. The summed E-state index contributed by atoms with van der Waals surface area (Å²) in [6, 6.07) is -0.427. The second kappa shape index (κ2) is 9.64. The fourth-order valence-electron chi connectivity index (χ4n) is 3.89. The number of imide groups is 1. The standard InChI is InChI=1S/C18H30N2O4/c21-16(11-8-13-4-2-1-3-5-13)20-18(24)19-12-14-6-9-15(10-7-14)17(22)23/h13-15H,1-12H2,(H,22,23)(H2,19,20,21,24). The minimum atomic E-state index is -0.720. The van der Waals surface area contributed by atoms with E-state index in [0.717, 1.165) is 19.3 Å². The molecular formula is C18H30N2O4. The molecule has 2 aliphatic carbocycles. The van der Waals surface area contributed by atoms with E-state index in [4.69, 9.17) is 5.11 Å². The van der Waals surface area contributed by atoms with Crippen LogP contribution in [0.25, 0.3) is 0 Å². The summed E-state index contributed by atoms with van der Waals surface area (Å²) in [6.07, 6.45) is 10.5. The van der Waals surface area contributed by atoms with Gasteiger partial charge in [-0.3, -0.25) is 14.9 Å². The third kappa shape index (κ3) is 6.49. The molecule has 24 heavy (non-hydrogen) atoms. The summed E-state index contributed by atoms with van der Waals surface area (Å²) in [4.78, 5) is 34.5. The fraction of sp³-hybridized carbons (Fsp3) is 0.833. The van der Waals surface area contributed by atoms with Crippen molar-refractivity contribution in [3.05, 3.63) is 0 Å². The summed E-state index contributed by atoms with van der Waals surface area (Å²) in [7, 11) is 0. The number of carboxylic acid groups (broad SMARTS) is 1. The van der Waals surface area contributed by atoms with E-state index in [-0.39, 0.29) is 11.8 Å². The molecule has 0 spiro atoms. The molecule has 2 aliphatic rings. The van der Waals surface area contributed by atoms with Crippen LogP contribution in [-0.4, -0.2) is 29.6 Å². The molecule has 136 valence electrons. The van der Waals surface area contributed by atoms with Crippen LogP contribution in [0, 0.1) is 17.8 Å². The van der Waals surface area contributed by atoms with E-state index in [1.807, 2.05) is 0 Å². The number of carbonyl (C=O) groups excluding carboxylic acids is 2. The summed E-state index contributed by atoms with van der Waals surface area (Å²) >= 11 is 0. The molecule has 2 saturated carbocycles. The number of urea groups is 1. The van der Waals surface area contributed by atoms with Crippen LogP contribution in [0.5, 0.6) is 0 Å². The molecule has 0 radical (unpaired) electrons. The van der Waals surface area contributed by atoms with Gasteiger partial charge in [0, 0.05) is 13.0 Å². The summed E-state index contributed by atoms with van der Waals surface area (Å²) in [5, 5.41) is 14.1. The molecule has 0 aliphatic heterocycles. The summed E-state index contributed by atoms with van der Waals surface area (Å²) < 4.78 is 0. The zero-order chi connectivity index (χ0) is 17.4. The molecule has 0 bridgehead atoms. The molecule has 0 aromatic rings. The van der Waals surface area contributed by atoms with Crippen molar-refractivity contribution >= 4 is 17.9 Å². The SMILES string of the molecule is O=C(CCC1CCCCC1)NC(=O)NCC1CCC(C(=O)O)CC1. The van der Waals surface area contributed by atoms with Gasteiger partial charge in [-0.1, -0.05) is 32.1 Å². The van der Waals surface area contributed by atoms with E-state index < -0.39 is 12.0 Å². The van der Waals surface area contributed by atoms with Crippen molar-refractivity contribution in [2.45, 2.75) is 70.6 Å². The molecule has 0 aromatic heterocycles. The van der Waals surface area contributed by atoms with Crippen molar-refractivity contribution in [3.8, 4) is 0 Å². The van der Waals surface area contributed by atoms with Crippen LogP contribution < -0.4 is 10.6 Å². The third-order valence-corrected chi connectivity index (χ3v) is 5.50. The lowest BCUT2D eigenvalue weighted by Gasteiger charge is -2.26. The number of hydrogen-bond acceptors (Lipinski definition) is 3. The van der Waals surface area contributed by atoms with Crippen molar-refractivity contribution in [2.24, 2.45) is 17.8 Å². The highest BCUT2D eigenvalue weighted by atomic mass is 16.4. The van der Waals surface area contributed by atoms with Gasteiger partial charge in [-0.15, -0.1) is 0 Å². The molecule has 0 heterocycles. The van der Waals surface area contributed by atoms with Crippen LogP contribution in [0.3, 0.4) is 0 Å². The smallest absolute Gasteiger partial charge is 0.321 e. The Balaban J connectivity index is 1.56. The maximum Gasteiger partial charge on any atom is 0.321 e. The highest BCUT2D eigenvalue weighted by molar-refractivity contribution is 5.94. The maximum atomic E-state index is 11.8. The van der Waals surface area contributed by atoms with Crippen LogP contribution in [0.2, 0.25) is 0 Å². The van der Waals surface area contributed by atoms with Gasteiger partial charge in [-0.05, 0) is 43.9 Å². The van der Waals surface area contributed by atoms with E-state index in [9.17, 15) is 14.4 Å². The van der Waals surface area contributed by atoms with Gasteiger partial charge in [0.15, 0.2) is 0 Å². The Hall–Kier alpha value is -1.59. The number of carboxylic acids is 1. The van der Waals surface area contributed by atoms with Crippen molar-refractivity contribution in [3.63, 3.8) is 0 Å². The minimum Gasteiger partial charge on any atom is -0.481 e. The first-order valence-corrected chi connectivity index (χ1v) is 9.35. The molecule has 6 heteroatoms. The monoisotopic (exact) mass is 338 g/mol. The Kier molecular flexibility index (Phi) is 7.53. The van der Waals surface area contributed by atoms with Crippen LogP contribution in [-0.2, 0) is 9.59 Å². The molecule has 6 nitrogen and oxygen atoms in total. The second-order valence-corrected chi connectivity index (χ2v) is 7.36. The topological polar surface area (TPSA) is 95.5 Å². The molecule has 0 unspecified atom stereocenters. The Morgan fingerprint density at radius 2 is 1.54 bits per heavy atom. The zero-order valence-corrected chi connectivity index (χ0v) is 14.4. The lowest BCUT2D eigenvalue weighted by molar-refractivity contribution is -0.143. The summed E-state index contributed by atoms with van der Waals surface area (Å²) in [6.45, 7) is 0.508. The van der Waals surface area contributed by atoms with Crippen LogP contribution in [0.1, 0.15) is 70.6 Å². The number of nitrogens with one attached hydrogen (secondary N) is 2. The molecule has 2 fully saturated rings. The van der Waals surface area contributed by atoms with Gasteiger partial charge in [0.2, 0.25) is 5.91 Å². The Bertz CT molecular complexity index is 438. The van der Waals surface area contributed by atoms with Gasteiger partial charge < -0.3 is 10.4 Å². The first kappa shape index (κ1) is 18.7. The largest absolute Gasteiger partial charge is 0.481 e. The Labute approximate surface area is 143 Å². The second-order valence-electron chi connectivity index (χ2n) is 7.36. The van der Waals surface area contributed by atoms with E-state index >= 15 is 0 Å². The van der Waals surface area contributed by atoms with Crippen LogP contribution >= 0.6 is 0 Å². The Morgan fingerprint density at radius 1 is 0.875 bits per heavy atom. The number of carbonyl (C=O) groups is 3. The van der Waals surface area contributed by atoms with E-state index in [1.165, 1.54) is 32.1 Å². The lowest BCUT2D eigenvalue weighted by atomic mass is 9.82. The fourth-order valence-corrected chi connectivity index (χ4v) is 3.89. The van der Waals surface area contributed by atoms with Gasteiger partial charge in [0.05, 0.1) is 5.92 Å². The molecule has 3 amide bonds. The Morgan fingerprint density at radius 3 is 2.17 bits per heavy atom. The van der Waals surface area contributed by atoms with Crippen molar-refractivity contribution in [2.75, 3.05) is 6.54 Å². The van der Waals surface area contributed by atoms with Gasteiger partial charge in [-0.25, -0.2) is 4.79 Å². The average Bonchev–Trinajstić information content (AvgIpc) is 2.59. The number of rotatable bonds is 6. The normalized spacial score (nSPS) is 25.0. The summed E-state index contributed by atoms with van der Waals surface area (Å²) in [5.41, 5.74) is 0. The number of amides is 3. The molecule has 0 saturated heterocycles. The van der Waals surface area contributed by atoms with E-state index in [1.54, 1.807) is 0 Å². The molecule has 3 N–H and O–H groups in total. The van der Waals surface area contributed by atoms with Crippen LogP contribution in [0.15, 0.2) is 0 Å². The zero-order valence-electron chi connectivity index (χ0n) is 14.4. The van der Waals surface area contributed by atoms with Gasteiger partial charge >= 0.3 is 12.0 Å². The quantitative estimate of drug-likeness (QED) is 0.693. The average molecular weight is 338 g/mol. The highest BCUT2D eigenvalue weighted by Crippen LogP contribution is 2.28. The predicted octanol–water partition coefficient (Wildman–Crippen LogP) is 3.06. The predicted molar refractivity (Wildman–Crippen MR) is 90.4 cm³/mol. The van der Waals surface area contributed by atoms with E-state index in [2.05, 4.69) is 10.6 Å². The van der Waals surface area contributed by atoms with Gasteiger partial charge in [-0.2, -0.15) is 0 Å². The van der Waals surface area contributed by atoms with Crippen molar-refractivity contribution in [1.82, 2.24) is 10.6 Å². The first-order valence-electron chi connectivity index (χ1n) is 9.35. The molecular weight excluding hydrogens is 308 g/mol. The first-order chi connectivity index (χ1) is 11.5.